The van der Waals surface area contributed by atoms with Crippen LogP contribution in [0, 0.1) is 5.92 Å². The summed E-state index contributed by atoms with van der Waals surface area (Å²) in [7, 11) is 1.33. The molecule has 0 aromatic heterocycles. The van der Waals surface area contributed by atoms with Gasteiger partial charge in [0.15, 0.2) is 0 Å². The van der Waals surface area contributed by atoms with Gasteiger partial charge in [0.25, 0.3) is 0 Å². The molecule has 0 bridgehead atoms. The molecule has 2 aliphatic rings. The predicted octanol–water partition coefficient (Wildman–Crippen LogP) is -0.833. The van der Waals surface area contributed by atoms with E-state index in [4.69, 9.17) is 9.47 Å². The van der Waals surface area contributed by atoms with Gasteiger partial charge in [0, 0.05) is 39.3 Å². The number of hydrogen-bond donors (Lipinski definition) is 1. The largest absolute Gasteiger partial charge is 0.467 e. The molecule has 2 heterocycles. The lowest BCUT2D eigenvalue weighted by Crippen LogP contribution is -2.55. The smallest absolute Gasteiger partial charge is 0.328 e. The summed E-state index contributed by atoms with van der Waals surface area (Å²) >= 11 is 0. The number of nitrogens with one attached hydrogen (secondary N) is 1. The fourth-order valence-corrected chi connectivity index (χ4v) is 3.42. The van der Waals surface area contributed by atoms with E-state index in [1.165, 1.54) is 7.11 Å². The lowest BCUT2D eigenvalue weighted by molar-refractivity contribution is -0.147. The summed E-state index contributed by atoms with van der Waals surface area (Å²) in [5.74, 6) is -0.468. The lowest BCUT2D eigenvalue weighted by atomic mass is 9.99. The maximum Gasteiger partial charge on any atom is 0.328 e. The first kappa shape index (κ1) is 22.6. The Balaban J connectivity index is 1.74. The van der Waals surface area contributed by atoms with Crippen molar-refractivity contribution in [2.45, 2.75) is 26.3 Å². The van der Waals surface area contributed by atoms with Crippen LogP contribution >= 0.6 is 0 Å². The number of methoxy groups -OCH3 is 1. The SMILES string of the molecule is CCC(C)C(NC(=O)CN1CCN(C(=O)CN2CCOCC2)CC1)C(=O)OC. The van der Waals surface area contributed by atoms with E-state index in [1.54, 1.807) is 0 Å². The van der Waals surface area contributed by atoms with Crippen LogP contribution in [-0.2, 0) is 23.9 Å². The molecule has 2 rings (SSSR count). The number of rotatable bonds is 8. The Bertz CT molecular complexity index is 530. The van der Waals surface area contributed by atoms with Gasteiger partial charge >= 0.3 is 5.97 Å². The van der Waals surface area contributed by atoms with E-state index in [2.05, 4.69) is 10.2 Å². The highest BCUT2D eigenvalue weighted by Crippen LogP contribution is 2.10. The van der Waals surface area contributed by atoms with Gasteiger partial charge in [-0.1, -0.05) is 20.3 Å². The maximum absolute atomic E-state index is 12.5. The van der Waals surface area contributed by atoms with Crippen molar-refractivity contribution in [3.8, 4) is 0 Å². The number of carbonyl (C=O) groups is 3. The molecule has 2 fully saturated rings. The maximum atomic E-state index is 12.5. The number of hydrogen-bond acceptors (Lipinski definition) is 7. The van der Waals surface area contributed by atoms with Crippen LogP contribution in [0.4, 0.5) is 0 Å². The Hall–Kier alpha value is -1.71. The standard InChI is InChI=1S/C19H34N4O5/c1-4-15(2)18(19(26)27-3)20-16(24)13-21-5-7-23(8-6-21)17(25)14-22-9-11-28-12-10-22/h15,18H,4-14H2,1-3H3,(H,20,24). The molecule has 2 saturated heterocycles. The molecule has 9 heteroatoms. The molecule has 2 aliphatic heterocycles. The van der Waals surface area contributed by atoms with Crippen LogP contribution in [0.1, 0.15) is 20.3 Å². The van der Waals surface area contributed by atoms with Gasteiger partial charge in [-0.15, -0.1) is 0 Å². The van der Waals surface area contributed by atoms with E-state index in [0.717, 1.165) is 19.5 Å². The van der Waals surface area contributed by atoms with Crippen LogP contribution in [0.15, 0.2) is 0 Å². The van der Waals surface area contributed by atoms with E-state index < -0.39 is 12.0 Å². The highest BCUT2D eigenvalue weighted by atomic mass is 16.5. The Morgan fingerprint density at radius 2 is 1.61 bits per heavy atom. The second-order valence-electron chi connectivity index (χ2n) is 7.50. The number of piperazine rings is 1. The number of esters is 1. The minimum absolute atomic E-state index is 0.00561. The second-order valence-corrected chi connectivity index (χ2v) is 7.50. The topological polar surface area (TPSA) is 91.4 Å². The van der Waals surface area contributed by atoms with Crippen molar-refractivity contribution < 1.29 is 23.9 Å². The summed E-state index contributed by atoms with van der Waals surface area (Å²) in [4.78, 5) is 42.7. The monoisotopic (exact) mass is 398 g/mol. The zero-order chi connectivity index (χ0) is 20.5. The average Bonchev–Trinajstić information content (AvgIpc) is 2.72. The molecule has 160 valence electrons. The van der Waals surface area contributed by atoms with Gasteiger partial charge in [0.2, 0.25) is 11.8 Å². The molecule has 0 radical (unpaired) electrons. The van der Waals surface area contributed by atoms with Crippen molar-refractivity contribution in [3.63, 3.8) is 0 Å². The molecule has 0 saturated carbocycles. The van der Waals surface area contributed by atoms with E-state index in [1.807, 2.05) is 23.6 Å². The van der Waals surface area contributed by atoms with Gasteiger partial charge in [-0.05, 0) is 5.92 Å². The number of nitrogens with zero attached hydrogens (tertiary/aromatic N) is 3. The summed E-state index contributed by atoms with van der Waals surface area (Å²) in [6.45, 7) is 10.0. The number of carbonyl (C=O) groups excluding carboxylic acids is 3. The highest BCUT2D eigenvalue weighted by molar-refractivity contribution is 5.85. The normalized spacial score (nSPS) is 21.0. The quantitative estimate of drug-likeness (QED) is 0.534. The third kappa shape index (κ3) is 6.72. The Kier molecular flexibility index (Phi) is 9.14. The van der Waals surface area contributed by atoms with E-state index in [9.17, 15) is 14.4 Å². The fourth-order valence-electron chi connectivity index (χ4n) is 3.42. The number of ether oxygens (including phenoxy) is 2. The van der Waals surface area contributed by atoms with Crippen molar-refractivity contribution >= 4 is 17.8 Å². The molecule has 2 amide bonds. The molecule has 0 aromatic rings. The van der Waals surface area contributed by atoms with E-state index in [-0.39, 0.29) is 24.3 Å². The Labute approximate surface area is 167 Å². The molecule has 2 unspecified atom stereocenters. The second kappa shape index (κ2) is 11.3. The van der Waals surface area contributed by atoms with Gasteiger partial charge in [-0.3, -0.25) is 19.4 Å². The lowest BCUT2D eigenvalue weighted by Gasteiger charge is -2.36. The highest BCUT2D eigenvalue weighted by Gasteiger charge is 2.28. The van der Waals surface area contributed by atoms with Crippen LogP contribution in [0.2, 0.25) is 0 Å². The zero-order valence-corrected chi connectivity index (χ0v) is 17.3. The van der Waals surface area contributed by atoms with Crippen molar-refractivity contribution in [1.82, 2.24) is 20.0 Å². The minimum atomic E-state index is -0.626. The molecule has 28 heavy (non-hydrogen) atoms. The summed E-state index contributed by atoms with van der Waals surface area (Å²) in [6, 6.07) is -0.626. The van der Waals surface area contributed by atoms with Crippen molar-refractivity contribution in [2.75, 3.05) is 72.7 Å². The van der Waals surface area contributed by atoms with Crippen LogP contribution in [-0.4, -0.2) is 111 Å². The van der Waals surface area contributed by atoms with Crippen LogP contribution in [0.5, 0.6) is 0 Å². The predicted molar refractivity (Wildman–Crippen MR) is 104 cm³/mol. The van der Waals surface area contributed by atoms with Crippen molar-refractivity contribution in [2.24, 2.45) is 5.92 Å². The summed E-state index contributed by atoms with van der Waals surface area (Å²) in [6.07, 6.45) is 0.768. The third-order valence-electron chi connectivity index (χ3n) is 5.54. The zero-order valence-electron chi connectivity index (χ0n) is 17.3. The first-order valence-corrected chi connectivity index (χ1v) is 10.1. The Morgan fingerprint density at radius 3 is 2.18 bits per heavy atom. The molecule has 9 nitrogen and oxygen atoms in total. The molecule has 1 N–H and O–H groups in total. The molecule has 0 aromatic carbocycles. The molecule has 0 aliphatic carbocycles. The average molecular weight is 399 g/mol. The number of amides is 2. The molecule has 2 atom stereocenters. The molecule has 0 spiro atoms. The van der Waals surface area contributed by atoms with Crippen molar-refractivity contribution in [1.29, 1.82) is 0 Å². The third-order valence-corrected chi connectivity index (χ3v) is 5.54. The van der Waals surface area contributed by atoms with Crippen LogP contribution < -0.4 is 5.32 Å². The number of morpholine rings is 1. The van der Waals surface area contributed by atoms with Crippen LogP contribution in [0.25, 0.3) is 0 Å². The first-order valence-electron chi connectivity index (χ1n) is 10.1. The van der Waals surface area contributed by atoms with E-state index >= 15 is 0 Å². The first-order chi connectivity index (χ1) is 13.4. The van der Waals surface area contributed by atoms with Gasteiger partial charge in [0.05, 0.1) is 33.4 Å². The molecular formula is C19H34N4O5. The summed E-state index contributed by atoms with van der Waals surface area (Å²) in [5, 5.41) is 2.80. The van der Waals surface area contributed by atoms with Gasteiger partial charge in [0.1, 0.15) is 6.04 Å². The van der Waals surface area contributed by atoms with Gasteiger partial charge in [-0.25, -0.2) is 4.79 Å². The van der Waals surface area contributed by atoms with Crippen LogP contribution in [0.3, 0.4) is 0 Å². The van der Waals surface area contributed by atoms with Crippen molar-refractivity contribution in [3.05, 3.63) is 0 Å². The van der Waals surface area contributed by atoms with E-state index in [0.29, 0.717) is 45.9 Å². The van der Waals surface area contributed by atoms with Gasteiger partial charge < -0.3 is 19.7 Å². The fraction of sp³-hybridized carbons (Fsp3) is 0.842. The summed E-state index contributed by atoms with van der Waals surface area (Å²) < 4.78 is 10.1. The Morgan fingerprint density at radius 1 is 1.00 bits per heavy atom. The summed E-state index contributed by atoms with van der Waals surface area (Å²) in [5.41, 5.74) is 0. The molecular weight excluding hydrogens is 364 g/mol. The minimum Gasteiger partial charge on any atom is -0.467 e. The van der Waals surface area contributed by atoms with Gasteiger partial charge in [-0.2, -0.15) is 0 Å².